The maximum absolute atomic E-state index is 12.8. The first kappa shape index (κ1) is 13.5. The second-order valence-electron chi connectivity index (χ2n) is 6.12. The molecule has 1 aliphatic carbocycles. The predicted octanol–water partition coefficient (Wildman–Crippen LogP) is 2.68. The van der Waals surface area contributed by atoms with Crippen LogP contribution in [0.2, 0.25) is 0 Å². The lowest BCUT2D eigenvalue weighted by Crippen LogP contribution is -2.45. The van der Waals surface area contributed by atoms with Crippen LogP contribution in [0.4, 0.5) is 4.39 Å². The van der Waals surface area contributed by atoms with E-state index in [9.17, 15) is 9.50 Å². The highest BCUT2D eigenvalue weighted by Gasteiger charge is 2.31. The van der Waals surface area contributed by atoms with Gasteiger partial charge in [0.15, 0.2) is 0 Å². The Morgan fingerprint density at radius 2 is 1.89 bits per heavy atom. The van der Waals surface area contributed by atoms with Gasteiger partial charge in [-0.1, -0.05) is 26.0 Å². The van der Waals surface area contributed by atoms with Crippen molar-refractivity contribution in [3.8, 4) is 0 Å². The molecule has 0 radical (unpaired) electrons. The van der Waals surface area contributed by atoms with E-state index < -0.39 is 0 Å². The molecule has 0 atom stereocenters. The van der Waals surface area contributed by atoms with Crippen LogP contribution in [-0.2, 0) is 0 Å². The first-order valence-corrected chi connectivity index (χ1v) is 6.60. The molecule has 0 aromatic heterocycles. The highest BCUT2D eigenvalue weighted by Crippen LogP contribution is 2.37. The molecule has 0 unspecified atom stereocenters. The lowest BCUT2D eigenvalue weighted by atomic mass is 9.75. The zero-order valence-corrected chi connectivity index (χ0v) is 11.1. The van der Waals surface area contributed by atoms with Crippen LogP contribution in [0.3, 0.4) is 0 Å². The molecule has 0 amide bonds. The lowest BCUT2D eigenvalue weighted by molar-refractivity contribution is 0.143. The van der Waals surface area contributed by atoms with E-state index in [-0.39, 0.29) is 17.8 Å². The third-order valence-corrected chi connectivity index (χ3v) is 3.78. The third kappa shape index (κ3) is 3.30. The summed E-state index contributed by atoms with van der Waals surface area (Å²) in [5, 5.41) is 12.7. The molecule has 0 saturated heterocycles. The van der Waals surface area contributed by atoms with Crippen molar-refractivity contribution in [2.45, 2.75) is 38.6 Å². The van der Waals surface area contributed by atoms with E-state index in [1.807, 2.05) is 12.1 Å². The fraction of sp³-hybridized carbons (Fsp3) is 0.600. The number of aliphatic hydroxyl groups is 1. The largest absolute Gasteiger partial charge is 0.396 e. The minimum Gasteiger partial charge on any atom is -0.396 e. The number of halogens is 1. The molecule has 1 aromatic carbocycles. The van der Waals surface area contributed by atoms with Crippen molar-refractivity contribution in [3.05, 3.63) is 35.6 Å². The van der Waals surface area contributed by atoms with Crippen molar-refractivity contribution >= 4 is 0 Å². The van der Waals surface area contributed by atoms with Gasteiger partial charge in [0.2, 0.25) is 0 Å². The Balaban J connectivity index is 1.75. The summed E-state index contributed by atoms with van der Waals surface area (Å²) in [6.45, 7) is 5.14. The number of nitrogens with one attached hydrogen (secondary N) is 1. The molecule has 0 heterocycles. The van der Waals surface area contributed by atoms with Gasteiger partial charge in [0.1, 0.15) is 5.82 Å². The minimum absolute atomic E-state index is 0.0546. The number of hydrogen-bond donors (Lipinski definition) is 2. The van der Waals surface area contributed by atoms with Crippen molar-refractivity contribution < 1.29 is 9.50 Å². The summed E-state index contributed by atoms with van der Waals surface area (Å²) in [4.78, 5) is 0. The van der Waals surface area contributed by atoms with Crippen LogP contribution in [-0.4, -0.2) is 24.3 Å². The number of aliphatic hydroxyl groups excluding tert-OH is 1. The SMILES string of the molecule is CC(C)(CO)CNC1CC(c2ccc(F)cc2)C1. The summed E-state index contributed by atoms with van der Waals surface area (Å²) in [6, 6.07) is 7.36. The van der Waals surface area contributed by atoms with Gasteiger partial charge >= 0.3 is 0 Å². The second kappa shape index (κ2) is 5.37. The van der Waals surface area contributed by atoms with Crippen molar-refractivity contribution in [1.29, 1.82) is 0 Å². The molecule has 1 aliphatic rings. The Morgan fingerprint density at radius 3 is 2.44 bits per heavy atom. The van der Waals surface area contributed by atoms with Crippen LogP contribution in [0.1, 0.15) is 38.2 Å². The maximum atomic E-state index is 12.8. The van der Waals surface area contributed by atoms with Crippen molar-refractivity contribution in [2.24, 2.45) is 5.41 Å². The van der Waals surface area contributed by atoms with E-state index in [0.717, 1.165) is 19.4 Å². The van der Waals surface area contributed by atoms with Crippen LogP contribution in [0.15, 0.2) is 24.3 Å². The minimum atomic E-state index is -0.169. The van der Waals surface area contributed by atoms with Gasteiger partial charge in [-0.2, -0.15) is 0 Å². The molecule has 18 heavy (non-hydrogen) atoms. The normalized spacial score (nSPS) is 23.8. The topological polar surface area (TPSA) is 32.3 Å². The Labute approximate surface area is 108 Å². The monoisotopic (exact) mass is 251 g/mol. The molecular weight excluding hydrogens is 229 g/mol. The standard InChI is InChI=1S/C15H22FNO/c1-15(2,10-18)9-17-14-7-12(8-14)11-3-5-13(16)6-4-11/h3-6,12,14,17-18H,7-10H2,1-2H3. The van der Waals surface area contributed by atoms with Crippen LogP contribution in [0.25, 0.3) is 0 Å². The van der Waals surface area contributed by atoms with Crippen LogP contribution in [0.5, 0.6) is 0 Å². The predicted molar refractivity (Wildman–Crippen MR) is 71.0 cm³/mol. The number of benzene rings is 1. The van der Waals surface area contributed by atoms with E-state index in [1.54, 1.807) is 0 Å². The van der Waals surface area contributed by atoms with Crippen LogP contribution < -0.4 is 5.32 Å². The Kier molecular flexibility index (Phi) is 4.03. The van der Waals surface area contributed by atoms with Gasteiger partial charge in [-0.15, -0.1) is 0 Å². The zero-order chi connectivity index (χ0) is 13.2. The van der Waals surface area contributed by atoms with E-state index in [0.29, 0.717) is 12.0 Å². The van der Waals surface area contributed by atoms with E-state index in [1.165, 1.54) is 17.7 Å². The molecule has 3 heteroatoms. The summed E-state index contributed by atoms with van der Waals surface area (Å²) >= 11 is 0. The molecule has 1 aromatic rings. The molecule has 0 aliphatic heterocycles. The van der Waals surface area contributed by atoms with Crippen molar-refractivity contribution in [3.63, 3.8) is 0 Å². The van der Waals surface area contributed by atoms with E-state index in [2.05, 4.69) is 19.2 Å². The summed E-state index contributed by atoms with van der Waals surface area (Å²) < 4.78 is 12.8. The Hall–Kier alpha value is -0.930. The highest BCUT2D eigenvalue weighted by atomic mass is 19.1. The molecule has 0 bridgehead atoms. The summed E-state index contributed by atoms with van der Waals surface area (Å²) in [5.74, 6) is 0.387. The molecule has 2 rings (SSSR count). The fourth-order valence-electron chi connectivity index (χ4n) is 2.27. The molecular formula is C15H22FNO. The Morgan fingerprint density at radius 1 is 1.28 bits per heavy atom. The summed E-state index contributed by atoms with van der Waals surface area (Å²) in [6.07, 6.45) is 2.21. The van der Waals surface area contributed by atoms with Gasteiger partial charge in [0, 0.05) is 24.6 Å². The van der Waals surface area contributed by atoms with Gasteiger partial charge in [0.25, 0.3) is 0 Å². The molecule has 100 valence electrons. The lowest BCUT2D eigenvalue weighted by Gasteiger charge is -2.38. The summed E-state index contributed by atoms with van der Waals surface area (Å²) in [5.41, 5.74) is 1.18. The first-order chi connectivity index (χ1) is 8.50. The second-order valence-corrected chi connectivity index (χ2v) is 6.12. The average Bonchev–Trinajstić information content (AvgIpc) is 2.29. The molecule has 0 spiro atoms. The van der Waals surface area contributed by atoms with E-state index in [4.69, 9.17) is 0 Å². The molecule has 1 saturated carbocycles. The fourth-order valence-corrected chi connectivity index (χ4v) is 2.27. The molecule has 2 nitrogen and oxygen atoms in total. The van der Waals surface area contributed by atoms with Gasteiger partial charge in [-0.05, 0) is 36.5 Å². The summed E-state index contributed by atoms with van der Waals surface area (Å²) in [7, 11) is 0. The smallest absolute Gasteiger partial charge is 0.123 e. The van der Waals surface area contributed by atoms with Crippen LogP contribution in [0, 0.1) is 11.2 Å². The van der Waals surface area contributed by atoms with Crippen molar-refractivity contribution in [2.75, 3.05) is 13.2 Å². The molecule has 1 fully saturated rings. The quantitative estimate of drug-likeness (QED) is 0.843. The van der Waals surface area contributed by atoms with Gasteiger partial charge in [-0.3, -0.25) is 0 Å². The van der Waals surface area contributed by atoms with Crippen molar-refractivity contribution in [1.82, 2.24) is 5.32 Å². The maximum Gasteiger partial charge on any atom is 0.123 e. The van der Waals surface area contributed by atoms with E-state index >= 15 is 0 Å². The Bertz CT molecular complexity index is 382. The van der Waals surface area contributed by atoms with Gasteiger partial charge in [0.05, 0.1) is 0 Å². The first-order valence-electron chi connectivity index (χ1n) is 6.60. The zero-order valence-electron chi connectivity index (χ0n) is 11.1. The number of hydrogen-bond acceptors (Lipinski definition) is 2. The van der Waals surface area contributed by atoms with Gasteiger partial charge < -0.3 is 10.4 Å². The molecule has 2 N–H and O–H groups in total. The third-order valence-electron chi connectivity index (χ3n) is 3.78. The average molecular weight is 251 g/mol. The number of rotatable bonds is 5. The van der Waals surface area contributed by atoms with Crippen LogP contribution >= 0.6 is 0 Å². The highest BCUT2D eigenvalue weighted by molar-refractivity contribution is 5.23. The van der Waals surface area contributed by atoms with Gasteiger partial charge in [-0.25, -0.2) is 4.39 Å².